The van der Waals surface area contributed by atoms with Gasteiger partial charge >= 0.3 is 0 Å². The van der Waals surface area contributed by atoms with Crippen LogP contribution < -0.4 is 5.32 Å². The molecule has 0 spiro atoms. The summed E-state index contributed by atoms with van der Waals surface area (Å²) >= 11 is 0. The van der Waals surface area contributed by atoms with Gasteiger partial charge in [-0.15, -0.1) is 0 Å². The van der Waals surface area contributed by atoms with E-state index in [0.717, 1.165) is 19.1 Å². The number of nitrogens with one attached hydrogen (secondary N) is 1. The maximum absolute atomic E-state index is 5.79. The average Bonchev–Trinajstić information content (AvgIpc) is 2.25. The molecule has 100 valence electrons. The molecule has 1 aliphatic carbocycles. The molecule has 1 heterocycles. The van der Waals surface area contributed by atoms with Crippen LogP contribution in [0.3, 0.4) is 0 Å². The van der Waals surface area contributed by atoms with E-state index in [1.165, 1.54) is 38.5 Å². The fraction of sp³-hybridized carbons (Fsp3) is 1.00. The SMILES string of the molecule is CC1CC(NCC2CCCCO2)CC(C)(C)C1. The lowest BCUT2D eigenvalue weighted by Crippen LogP contribution is -2.44. The summed E-state index contributed by atoms with van der Waals surface area (Å²) in [6, 6.07) is 0.708. The van der Waals surface area contributed by atoms with Gasteiger partial charge in [0.1, 0.15) is 0 Å². The Balaban J connectivity index is 1.74. The number of rotatable bonds is 3. The van der Waals surface area contributed by atoms with E-state index in [2.05, 4.69) is 26.1 Å². The molecule has 3 atom stereocenters. The Labute approximate surface area is 107 Å². The zero-order valence-electron chi connectivity index (χ0n) is 11.8. The minimum Gasteiger partial charge on any atom is -0.377 e. The molecule has 1 saturated heterocycles. The van der Waals surface area contributed by atoms with Crippen LogP contribution in [-0.4, -0.2) is 25.3 Å². The largest absolute Gasteiger partial charge is 0.377 e. The molecule has 0 aromatic carbocycles. The monoisotopic (exact) mass is 239 g/mol. The van der Waals surface area contributed by atoms with Crippen molar-refractivity contribution in [2.24, 2.45) is 11.3 Å². The fourth-order valence-electron chi connectivity index (χ4n) is 3.77. The summed E-state index contributed by atoms with van der Waals surface area (Å²) in [5.74, 6) is 0.864. The molecule has 0 radical (unpaired) electrons. The molecule has 0 aromatic heterocycles. The molecule has 1 saturated carbocycles. The highest BCUT2D eigenvalue weighted by Gasteiger charge is 2.32. The molecular formula is C15H29NO. The molecule has 2 fully saturated rings. The normalized spacial score (nSPS) is 37.9. The van der Waals surface area contributed by atoms with Gasteiger partial charge in [-0.1, -0.05) is 20.8 Å². The third-order valence-corrected chi connectivity index (χ3v) is 4.30. The van der Waals surface area contributed by atoms with Gasteiger partial charge in [0, 0.05) is 19.2 Å². The standard InChI is InChI=1S/C15H29NO/c1-12-8-13(10-15(2,3)9-12)16-11-14-6-4-5-7-17-14/h12-14,16H,4-11H2,1-3H3. The topological polar surface area (TPSA) is 21.3 Å². The molecule has 1 aliphatic heterocycles. The van der Waals surface area contributed by atoms with Crippen LogP contribution in [0.1, 0.15) is 59.3 Å². The second-order valence-electron chi connectivity index (χ2n) is 7.01. The van der Waals surface area contributed by atoms with E-state index in [0.29, 0.717) is 17.6 Å². The molecule has 0 amide bonds. The highest BCUT2D eigenvalue weighted by atomic mass is 16.5. The van der Waals surface area contributed by atoms with Crippen LogP contribution >= 0.6 is 0 Å². The first kappa shape index (κ1) is 13.4. The van der Waals surface area contributed by atoms with Crippen LogP contribution in [0.25, 0.3) is 0 Å². The molecule has 2 rings (SSSR count). The van der Waals surface area contributed by atoms with Crippen molar-refractivity contribution in [1.82, 2.24) is 5.32 Å². The van der Waals surface area contributed by atoms with E-state index in [1.807, 2.05) is 0 Å². The summed E-state index contributed by atoms with van der Waals surface area (Å²) in [7, 11) is 0. The first-order valence-corrected chi connectivity index (χ1v) is 7.40. The third kappa shape index (κ3) is 4.26. The number of hydrogen-bond acceptors (Lipinski definition) is 2. The maximum atomic E-state index is 5.79. The van der Waals surface area contributed by atoms with Crippen LogP contribution in [0.4, 0.5) is 0 Å². The Hall–Kier alpha value is -0.0800. The lowest BCUT2D eigenvalue weighted by molar-refractivity contribution is 0.0122. The van der Waals surface area contributed by atoms with Crippen molar-refractivity contribution in [3.05, 3.63) is 0 Å². The zero-order valence-corrected chi connectivity index (χ0v) is 11.8. The van der Waals surface area contributed by atoms with E-state index in [-0.39, 0.29) is 0 Å². The van der Waals surface area contributed by atoms with Crippen molar-refractivity contribution in [3.8, 4) is 0 Å². The van der Waals surface area contributed by atoms with Crippen molar-refractivity contribution >= 4 is 0 Å². The summed E-state index contributed by atoms with van der Waals surface area (Å²) in [5, 5.41) is 3.75. The highest BCUT2D eigenvalue weighted by Crippen LogP contribution is 2.38. The van der Waals surface area contributed by atoms with E-state index in [9.17, 15) is 0 Å². The first-order chi connectivity index (χ1) is 8.05. The lowest BCUT2D eigenvalue weighted by atomic mass is 9.70. The maximum Gasteiger partial charge on any atom is 0.0699 e. The summed E-state index contributed by atoms with van der Waals surface area (Å²) in [6.45, 7) is 9.25. The van der Waals surface area contributed by atoms with E-state index >= 15 is 0 Å². The van der Waals surface area contributed by atoms with Gasteiger partial charge in [-0.25, -0.2) is 0 Å². The Morgan fingerprint density at radius 3 is 2.71 bits per heavy atom. The van der Waals surface area contributed by atoms with Gasteiger partial charge in [0.05, 0.1) is 6.10 Å². The summed E-state index contributed by atoms with van der Waals surface area (Å²) in [5.41, 5.74) is 0.517. The smallest absolute Gasteiger partial charge is 0.0699 e. The van der Waals surface area contributed by atoms with Crippen LogP contribution in [0.2, 0.25) is 0 Å². The van der Waals surface area contributed by atoms with Gasteiger partial charge in [-0.3, -0.25) is 0 Å². The van der Waals surface area contributed by atoms with Crippen molar-refractivity contribution in [1.29, 1.82) is 0 Å². The van der Waals surface area contributed by atoms with Gasteiger partial charge in [0.25, 0.3) is 0 Å². The third-order valence-electron chi connectivity index (χ3n) is 4.30. The minimum absolute atomic E-state index is 0.476. The van der Waals surface area contributed by atoms with Gasteiger partial charge in [-0.2, -0.15) is 0 Å². The van der Waals surface area contributed by atoms with E-state index < -0.39 is 0 Å². The molecule has 0 bridgehead atoms. The number of hydrogen-bond donors (Lipinski definition) is 1. The summed E-state index contributed by atoms with van der Waals surface area (Å²) < 4.78 is 5.79. The van der Waals surface area contributed by atoms with Gasteiger partial charge in [0.15, 0.2) is 0 Å². The Morgan fingerprint density at radius 1 is 1.24 bits per heavy atom. The minimum atomic E-state index is 0.476. The first-order valence-electron chi connectivity index (χ1n) is 7.40. The molecule has 17 heavy (non-hydrogen) atoms. The molecular weight excluding hydrogens is 210 g/mol. The molecule has 2 nitrogen and oxygen atoms in total. The number of ether oxygens (including phenoxy) is 1. The quantitative estimate of drug-likeness (QED) is 0.815. The van der Waals surface area contributed by atoms with Crippen LogP contribution in [0.5, 0.6) is 0 Å². The van der Waals surface area contributed by atoms with E-state index in [1.54, 1.807) is 0 Å². The average molecular weight is 239 g/mol. The van der Waals surface area contributed by atoms with Crippen molar-refractivity contribution < 1.29 is 4.74 Å². The highest BCUT2D eigenvalue weighted by molar-refractivity contribution is 4.87. The molecule has 2 heteroatoms. The van der Waals surface area contributed by atoms with Gasteiger partial charge < -0.3 is 10.1 Å². The van der Waals surface area contributed by atoms with Crippen molar-refractivity contribution in [2.45, 2.75) is 71.4 Å². The fourth-order valence-corrected chi connectivity index (χ4v) is 3.77. The second-order valence-corrected chi connectivity index (χ2v) is 7.01. The van der Waals surface area contributed by atoms with Crippen LogP contribution in [-0.2, 0) is 4.74 Å². The predicted octanol–water partition coefficient (Wildman–Crippen LogP) is 3.36. The van der Waals surface area contributed by atoms with Crippen LogP contribution in [0, 0.1) is 11.3 Å². The molecule has 3 unspecified atom stereocenters. The van der Waals surface area contributed by atoms with E-state index in [4.69, 9.17) is 4.74 Å². The van der Waals surface area contributed by atoms with Crippen LogP contribution in [0.15, 0.2) is 0 Å². The Bertz CT molecular complexity index is 233. The second kappa shape index (κ2) is 5.71. The molecule has 0 aromatic rings. The molecule has 1 N–H and O–H groups in total. The Morgan fingerprint density at radius 2 is 2.06 bits per heavy atom. The van der Waals surface area contributed by atoms with Gasteiger partial charge in [0.2, 0.25) is 0 Å². The Kier molecular flexibility index (Phi) is 4.48. The predicted molar refractivity (Wildman–Crippen MR) is 72.2 cm³/mol. The summed E-state index contributed by atoms with van der Waals surface area (Å²) in [6.07, 6.45) is 8.37. The van der Waals surface area contributed by atoms with Crippen molar-refractivity contribution in [3.63, 3.8) is 0 Å². The van der Waals surface area contributed by atoms with Crippen molar-refractivity contribution in [2.75, 3.05) is 13.2 Å². The summed E-state index contributed by atoms with van der Waals surface area (Å²) in [4.78, 5) is 0. The zero-order chi connectivity index (χ0) is 12.3. The lowest BCUT2D eigenvalue weighted by Gasteiger charge is -2.40. The molecule has 2 aliphatic rings. The van der Waals surface area contributed by atoms with Gasteiger partial charge in [-0.05, 0) is 49.9 Å².